The predicted octanol–water partition coefficient (Wildman–Crippen LogP) is -3.51. The molecule has 12 heteroatoms. The highest BCUT2D eigenvalue weighted by Gasteiger charge is 2.28. The second-order valence-corrected chi connectivity index (χ2v) is 5.19. The molecule has 12 nitrogen and oxygen atoms in total. The van der Waals surface area contributed by atoms with E-state index in [0.717, 1.165) is 0 Å². The molecule has 0 heterocycles. The Morgan fingerprint density at radius 3 is 1.88 bits per heavy atom. The Labute approximate surface area is 142 Å². The summed E-state index contributed by atoms with van der Waals surface area (Å²) in [7, 11) is 0. The minimum absolute atomic E-state index is 0.0805. The SMILES string of the molecule is NC(=O)CC[C@H](N)C(=O)N[C@@H](CCC(=O)O)C(=O)N[C@@H](CO)C(=O)O. The molecule has 0 spiro atoms. The monoisotopic (exact) mass is 362 g/mol. The zero-order valence-electron chi connectivity index (χ0n) is 13.3. The van der Waals surface area contributed by atoms with Crippen molar-refractivity contribution in [3.8, 4) is 0 Å². The summed E-state index contributed by atoms with van der Waals surface area (Å²) in [5, 5.41) is 30.6. The first-order valence-corrected chi connectivity index (χ1v) is 7.28. The Morgan fingerprint density at radius 2 is 1.44 bits per heavy atom. The molecule has 142 valence electrons. The number of carboxylic acid groups (broad SMARTS) is 2. The lowest BCUT2D eigenvalue weighted by Gasteiger charge is -2.21. The highest BCUT2D eigenvalue weighted by atomic mass is 16.4. The Hall–Kier alpha value is -2.73. The van der Waals surface area contributed by atoms with Crippen LogP contribution < -0.4 is 22.1 Å². The van der Waals surface area contributed by atoms with Crippen LogP contribution in [0, 0.1) is 0 Å². The zero-order chi connectivity index (χ0) is 19.6. The van der Waals surface area contributed by atoms with Gasteiger partial charge in [-0.1, -0.05) is 0 Å². The van der Waals surface area contributed by atoms with Crippen LogP contribution in [0.2, 0.25) is 0 Å². The van der Waals surface area contributed by atoms with E-state index >= 15 is 0 Å². The minimum Gasteiger partial charge on any atom is -0.481 e. The molecule has 0 aliphatic rings. The van der Waals surface area contributed by atoms with Crippen molar-refractivity contribution in [3.05, 3.63) is 0 Å². The van der Waals surface area contributed by atoms with E-state index in [1.807, 2.05) is 5.32 Å². The molecule has 0 bridgehead atoms. The van der Waals surface area contributed by atoms with Crippen LogP contribution in [0.25, 0.3) is 0 Å². The number of hydrogen-bond acceptors (Lipinski definition) is 7. The fraction of sp³-hybridized carbons (Fsp3) is 0.615. The van der Waals surface area contributed by atoms with Gasteiger partial charge in [-0.05, 0) is 12.8 Å². The third-order valence-electron chi connectivity index (χ3n) is 3.12. The number of nitrogens with two attached hydrogens (primary N) is 2. The lowest BCUT2D eigenvalue weighted by molar-refractivity contribution is -0.144. The number of rotatable bonds is 12. The molecule has 0 unspecified atom stereocenters. The molecule has 0 fully saturated rings. The van der Waals surface area contributed by atoms with Crippen molar-refractivity contribution in [2.24, 2.45) is 11.5 Å². The summed E-state index contributed by atoms with van der Waals surface area (Å²) in [5.74, 6) is -5.23. The second kappa shape index (κ2) is 10.9. The molecule has 0 rings (SSSR count). The van der Waals surface area contributed by atoms with Gasteiger partial charge in [-0.15, -0.1) is 0 Å². The number of carbonyl (C=O) groups excluding carboxylic acids is 3. The van der Waals surface area contributed by atoms with Crippen molar-refractivity contribution in [2.75, 3.05) is 6.61 Å². The summed E-state index contributed by atoms with van der Waals surface area (Å²) in [6.07, 6.45) is -1.05. The highest BCUT2D eigenvalue weighted by Crippen LogP contribution is 2.02. The first kappa shape index (κ1) is 22.3. The fourth-order valence-corrected chi connectivity index (χ4v) is 1.70. The second-order valence-electron chi connectivity index (χ2n) is 5.19. The van der Waals surface area contributed by atoms with E-state index in [2.05, 4.69) is 5.32 Å². The summed E-state index contributed by atoms with van der Waals surface area (Å²) in [6.45, 7) is -0.890. The Kier molecular flexibility index (Phi) is 9.74. The Balaban J connectivity index is 4.93. The van der Waals surface area contributed by atoms with Gasteiger partial charge in [-0.2, -0.15) is 0 Å². The Bertz CT molecular complexity index is 524. The van der Waals surface area contributed by atoms with Crippen LogP contribution in [-0.2, 0) is 24.0 Å². The number of primary amides is 1. The quantitative estimate of drug-likeness (QED) is 0.182. The van der Waals surface area contributed by atoms with Gasteiger partial charge in [0.1, 0.15) is 12.1 Å². The molecule has 0 aliphatic carbocycles. The maximum atomic E-state index is 12.0. The number of carboxylic acids is 2. The van der Waals surface area contributed by atoms with Gasteiger partial charge in [0, 0.05) is 12.8 Å². The van der Waals surface area contributed by atoms with Gasteiger partial charge in [0.15, 0.2) is 0 Å². The topological polar surface area (TPSA) is 222 Å². The average molecular weight is 362 g/mol. The van der Waals surface area contributed by atoms with E-state index in [1.54, 1.807) is 0 Å². The summed E-state index contributed by atoms with van der Waals surface area (Å²) >= 11 is 0. The molecule has 0 saturated heterocycles. The van der Waals surface area contributed by atoms with Crippen molar-refractivity contribution in [3.63, 3.8) is 0 Å². The maximum absolute atomic E-state index is 12.0. The number of aliphatic hydroxyl groups excluding tert-OH is 1. The number of amides is 3. The van der Waals surface area contributed by atoms with Crippen molar-refractivity contribution in [2.45, 2.75) is 43.8 Å². The van der Waals surface area contributed by atoms with E-state index in [1.165, 1.54) is 0 Å². The van der Waals surface area contributed by atoms with Gasteiger partial charge in [-0.25, -0.2) is 4.79 Å². The van der Waals surface area contributed by atoms with E-state index < -0.39 is 60.8 Å². The first-order valence-electron chi connectivity index (χ1n) is 7.28. The van der Waals surface area contributed by atoms with Gasteiger partial charge in [-0.3, -0.25) is 19.2 Å². The molecule has 0 saturated carbocycles. The lowest BCUT2D eigenvalue weighted by Crippen LogP contribution is -2.55. The van der Waals surface area contributed by atoms with Crippen molar-refractivity contribution in [1.29, 1.82) is 0 Å². The maximum Gasteiger partial charge on any atom is 0.328 e. The van der Waals surface area contributed by atoms with E-state index in [0.29, 0.717) is 0 Å². The molecular weight excluding hydrogens is 340 g/mol. The van der Waals surface area contributed by atoms with Gasteiger partial charge in [0.2, 0.25) is 17.7 Å². The van der Waals surface area contributed by atoms with Crippen LogP contribution in [-0.4, -0.2) is 69.7 Å². The van der Waals surface area contributed by atoms with Crippen LogP contribution >= 0.6 is 0 Å². The van der Waals surface area contributed by atoms with Gasteiger partial charge in [0.25, 0.3) is 0 Å². The molecule has 3 amide bonds. The molecule has 3 atom stereocenters. The number of nitrogens with one attached hydrogen (secondary N) is 2. The molecule has 0 aromatic carbocycles. The summed E-state index contributed by atoms with van der Waals surface area (Å²) in [6, 6.07) is -4.15. The van der Waals surface area contributed by atoms with Crippen molar-refractivity contribution < 1.29 is 39.3 Å². The van der Waals surface area contributed by atoms with Crippen LogP contribution in [0.15, 0.2) is 0 Å². The van der Waals surface area contributed by atoms with Crippen molar-refractivity contribution in [1.82, 2.24) is 10.6 Å². The molecular formula is C13H22N4O8. The highest BCUT2D eigenvalue weighted by molar-refractivity contribution is 5.92. The van der Waals surface area contributed by atoms with Gasteiger partial charge in [0.05, 0.1) is 12.6 Å². The van der Waals surface area contributed by atoms with Crippen LogP contribution in [0.1, 0.15) is 25.7 Å². The van der Waals surface area contributed by atoms with E-state index in [4.69, 9.17) is 26.8 Å². The smallest absolute Gasteiger partial charge is 0.328 e. The first-order chi connectivity index (χ1) is 11.6. The predicted molar refractivity (Wildman–Crippen MR) is 81.9 cm³/mol. The summed E-state index contributed by atoms with van der Waals surface area (Å²) in [5.41, 5.74) is 10.5. The molecule has 0 radical (unpaired) electrons. The van der Waals surface area contributed by atoms with Gasteiger partial charge >= 0.3 is 11.9 Å². The van der Waals surface area contributed by atoms with E-state index in [-0.39, 0.29) is 19.3 Å². The standard InChI is InChI=1S/C13H22N4O8/c14-6(1-3-9(15)19)11(22)16-7(2-4-10(20)21)12(23)17-8(5-18)13(24)25/h6-8,18H,1-5,14H2,(H2,15,19)(H,16,22)(H,17,23)(H,20,21)(H,24,25)/t6-,7-,8-/m0/s1. The van der Waals surface area contributed by atoms with E-state index in [9.17, 15) is 24.0 Å². The molecule has 0 aromatic heterocycles. The molecule has 25 heavy (non-hydrogen) atoms. The van der Waals surface area contributed by atoms with Crippen LogP contribution in [0.3, 0.4) is 0 Å². The third-order valence-corrected chi connectivity index (χ3v) is 3.12. The summed E-state index contributed by atoms with van der Waals surface area (Å²) < 4.78 is 0. The zero-order valence-corrected chi connectivity index (χ0v) is 13.3. The molecule has 9 N–H and O–H groups in total. The van der Waals surface area contributed by atoms with Gasteiger partial charge < -0.3 is 37.4 Å². The molecule has 0 aliphatic heterocycles. The van der Waals surface area contributed by atoms with Crippen LogP contribution in [0.5, 0.6) is 0 Å². The lowest BCUT2D eigenvalue weighted by atomic mass is 10.1. The Morgan fingerprint density at radius 1 is 0.880 bits per heavy atom. The largest absolute Gasteiger partial charge is 0.481 e. The number of aliphatic hydroxyl groups is 1. The number of aliphatic carboxylic acids is 2. The summed E-state index contributed by atoms with van der Waals surface area (Å²) in [4.78, 5) is 56.1. The van der Waals surface area contributed by atoms with Crippen LogP contribution in [0.4, 0.5) is 0 Å². The number of carbonyl (C=O) groups is 5. The fourth-order valence-electron chi connectivity index (χ4n) is 1.70. The average Bonchev–Trinajstić information content (AvgIpc) is 2.52. The molecule has 0 aromatic rings. The number of hydrogen-bond donors (Lipinski definition) is 7. The third kappa shape index (κ3) is 9.22. The normalized spacial score (nSPS) is 14.0. The minimum atomic E-state index is -1.61. The van der Waals surface area contributed by atoms with Crippen molar-refractivity contribution >= 4 is 29.7 Å².